The maximum absolute atomic E-state index is 6.05. The molecule has 1 fully saturated rings. The van der Waals surface area contributed by atoms with Crippen molar-refractivity contribution in [1.82, 2.24) is 9.80 Å². The van der Waals surface area contributed by atoms with Crippen molar-refractivity contribution in [2.75, 3.05) is 33.7 Å². The number of likely N-dealkylation sites (N-methyl/N-ethyl adjacent to an activating group) is 1. The summed E-state index contributed by atoms with van der Waals surface area (Å²) in [6.07, 6.45) is 1.21. The lowest BCUT2D eigenvalue weighted by Gasteiger charge is -2.28. The van der Waals surface area contributed by atoms with Gasteiger partial charge >= 0.3 is 0 Å². The maximum Gasteiger partial charge on any atom is 0.0548 e. The van der Waals surface area contributed by atoms with Gasteiger partial charge in [-0.3, -0.25) is 4.90 Å². The van der Waals surface area contributed by atoms with Crippen LogP contribution in [0, 0.1) is 0 Å². The van der Waals surface area contributed by atoms with Gasteiger partial charge in [0.1, 0.15) is 0 Å². The Morgan fingerprint density at radius 2 is 2.26 bits per heavy atom. The average molecular weight is 347 g/mol. The van der Waals surface area contributed by atoms with E-state index >= 15 is 0 Å². The Morgan fingerprint density at radius 1 is 1.53 bits per heavy atom. The first-order valence-electron chi connectivity index (χ1n) is 6.58. The van der Waals surface area contributed by atoms with Gasteiger partial charge in [0.05, 0.1) is 5.02 Å². The van der Waals surface area contributed by atoms with Gasteiger partial charge in [0.25, 0.3) is 0 Å². The summed E-state index contributed by atoms with van der Waals surface area (Å²) in [5, 5.41) is 0.743. The number of hydrogen-bond donors (Lipinski definition) is 1. The van der Waals surface area contributed by atoms with Crippen LogP contribution >= 0.6 is 27.5 Å². The van der Waals surface area contributed by atoms with E-state index < -0.39 is 0 Å². The van der Waals surface area contributed by atoms with Gasteiger partial charge in [-0.05, 0) is 54.1 Å². The topological polar surface area (TPSA) is 32.5 Å². The van der Waals surface area contributed by atoms with Crippen LogP contribution < -0.4 is 5.73 Å². The number of likely N-dealkylation sites (tertiary alicyclic amines) is 1. The third kappa shape index (κ3) is 3.50. The number of nitrogens with two attached hydrogens (primary N) is 1. The van der Waals surface area contributed by atoms with Crippen molar-refractivity contribution in [3.05, 3.63) is 33.3 Å². The molecule has 3 nitrogen and oxygen atoms in total. The van der Waals surface area contributed by atoms with Crippen LogP contribution in [-0.2, 0) is 0 Å². The van der Waals surface area contributed by atoms with Gasteiger partial charge in [-0.15, -0.1) is 0 Å². The number of nitrogens with zero attached hydrogens (tertiary/aromatic N) is 2. The quantitative estimate of drug-likeness (QED) is 0.910. The zero-order chi connectivity index (χ0) is 14.0. The summed E-state index contributed by atoms with van der Waals surface area (Å²) in [5.74, 6) is 0. The summed E-state index contributed by atoms with van der Waals surface area (Å²) < 4.78 is 0.938. The largest absolute Gasteiger partial charge is 0.329 e. The van der Waals surface area contributed by atoms with Gasteiger partial charge in [0.2, 0.25) is 0 Å². The lowest BCUT2D eigenvalue weighted by atomic mass is 10.1. The normalized spacial score (nSPS) is 22.1. The van der Waals surface area contributed by atoms with Gasteiger partial charge in [-0.1, -0.05) is 17.7 Å². The van der Waals surface area contributed by atoms with E-state index in [1.807, 2.05) is 6.07 Å². The van der Waals surface area contributed by atoms with E-state index in [-0.39, 0.29) is 6.04 Å². The van der Waals surface area contributed by atoms with E-state index in [1.54, 1.807) is 0 Å². The lowest BCUT2D eigenvalue weighted by Crippen LogP contribution is -2.36. The zero-order valence-corrected chi connectivity index (χ0v) is 13.8. The summed E-state index contributed by atoms with van der Waals surface area (Å²) >= 11 is 9.54. The SMILES string of the molecule is CN(C)C1CCN(C(CN)c2ccc(Cl)c(Br)c2)C1. The molecule has 0 aromatic heterocycles. The summed E-state index contributed by atoms with van der Waals surface area (Å²) in [6.45, 7) is 2.81. The second-order valence-corrected chi connectivity index (χ2v) is 6.59. The molecule has 1 heterocycles. The molecule has 0 radical (unpaired) electrons. The molecule has 106 valence electrons. The fraction of sp³-hybridized carbons (Fsp3) is 0.571. The Kier molecular flexibility index (Phi) is 5.26. The molecule has 1 aliphatic heterocycles. The Balaban J connectivity index is 2.14. The molecule has 1 aromatic carbocycles. The molecule has 2 rings (SSSR count). The molecule has 5 heteroatoms. The third-order valence-electron chi connectivity index (χ3n) is 3.92. The van der Waals surface area contributed by atoms with Crippen LogP contribution in [0.3, 0.4) is 0 Å². The predicted molar refractivity (Wildman–Crippen MR) is 84.6 cm³/mol. The van der Waals surface area contributed by atoms with E-state index in [9.17, 15) is 0 Å². The minimum atomic E-state index is 0.276. The van der Waals surface area contributed by atoms with Crippen LogP contribution in [0.1, 0.15) is 18.0 Å². The zero-order valence-electron chi connectivity index (χ0n) is 11.4. The molecule has 2 N–H and O–H groups in total. The van der Waals surface area contributed by atoms with Crippen molar-refractivity contribution < 1.29 is 0 Å². The van der Waals surface area contributed by atoms with E-state index in [0.29, 0.717) is 12.6 Å². The highest BCUT2D eigenvalue weighted by Gasteiger charge is 2.29. The second kappa shape index (κ2) is 6.55. The Morgan fingerprint density at radius 3 is 2.79 bits per heavy atom. The molecule has 0 saturated carbocycles. The van der Waals surface area contributed by atoms with E-state index in [0.717, 1.165) is 22.6 Å². The first kappa shape index (κ1) is 15.3. The van der Waals surface area contributed by atoms with E-state index in [4.69, 9.17) is 17.3 Å². The molecule has 0 aliphatic carbocycles. The summed E-state index contributed by atoms with van der Waals surface area (Å²) in [4.78, 5) is 4.77. The Labute approximate surface area is 128 Å². The molecule has 1 saturated heterocycles. The predicted octanol–water partition coefficient (Wildman–Crippen LogP) is 2.74. The maximum atomic E-state index is 6.05. The van der Waals surface area contributed by atoms with Crippen LogP contribution in [0.15, 0.2) is 22.7 Å². The number of halogens is 2. The van der Waals surface area contributed by atoms with Crippen LogP contribution in [0.25, 0.3) is 0 Å². The van der Waals surface area contributed by atoms with Crippen molar-refractivity contribution in [1.29, 1.82) is 0 Å². The van der Waals surface area contributed by atoms with Gasteiger partial charge in [-0.2, -0.15) is 0 Å². The molecule has 1 aliphatic rings. The van der Waals surface area contributed by atoms with Gasteiger partial charge < -0.3 is 10.6 Å². The molecule has 0 bridgehead atoms. The highest BCUT2D eigenvalue weighted by molar-refractivity contribution is 9.10. The third-order valence-corrected chi connectivity index (χ3v) is 5.13. The fourth-order valence-electron chi connectivity index (χ4n) is 2.69. The number of benzene rings is 1. The Bertz CT molecular complexity index is 439. The Hall–Kier alpha value is -0.130. The first-order chi connectivity index (χ1) is 9.02. The number of hydrogen-bond acceptors (Lipinski definition) is 3. The molecular formula is C14H21BrClN3. The van der Waals surface area contributed by atoms with Crippen LogP contribution in [-0.4, -0.2) is 49.6 Å². The minimum Gasteiger partial charge on any atom is -0.329 e. The highest BCUT2D eigenvalue weighted by Crippen LogP contribution is 2.30. The van der Waals surface area contributed by atoms with Gasteiger partial charge in [0.15, 0.2) is 0 Å². The smallest absolute Gasteiger partial charge is 0.0548 e. The van der Waals surface area contributed by atoms with E-state index in [1.165, 1.54) is 12.0 Å². The standard InChI is InChI=1S/C14H21BrClN3/c1-18(2)11-5-6-19(9-11)14(8-17)10-3-4-13(16)12(15)7-10/h3-4,7,11,14H,5-6,8-9,17H2,1-2H3. The molecular weight excluding hydrogens is 326 g/mol. The monoisotopic (exact) mass is 345 g/mol. The van der Waals surface area contributed by atoms with Crippen LogP contribution in [0.2, 0.25) is 5.02 Å². The van der Waals surface area contributed by atoms with Gasteiger partial charge in [-0.25, -0.2) is 0 Å². The highest BCUT2D eigenvalue weighted by atomic mass is 79.9. The van der Waals surface area contributed by atoms with Crippen molar-refractivity contribution in [2.45, 2.75) is 18.5 Å². The molecule has 19 heavy (non-hydrogen) atoms. The van der Waals surface area contributed by atoms with Crippen molar-refractivity contribution in [2.24, 2.45) is 5.73 Å². The number of rotatable bonds is 4. The summed E-state index contributed by atoms with van der Waals surface area (Å²) in [5.41, 5.74) is 7.23. The molecule has 2 unspecified atom stereocenters. The molecule has 0 spiro atoms. The summed E-state index contributed by atoms with van der Waals surface area (Å²) in [6, 6.07) is 7.00. The second-order valence-electron chi connectivity index (χ2n) is 5.33. The molecule has 0 amide bonds. The minimum absolute atomic E-state index is 0.276. The van der Waals surface area contributed by atoms with Crippen molar-refractivity contribution in [3.8, 4) is 0 Å². The van der Waals surface area contributed by atoms with Crippen molar-refractivity contribution >= 4 is 27.5 Å². The average Bonchev–Trinajstić information content (AvgIpc) is 2.84. The van der Waals surface area contributed by atoms with Crippen LogP contribution in [0.5, 0.6) is 0 Å². The van der Waals surface area contributed by atoms with Crippen molar-refractivity contribution in [3.63, 3.8) is 0 Å². The lowest BCUT2D eigenvalue weighted by molar-refractivity contribution is 0.220. The van der Waals surface area contributed by atoms with Crippen LogP contribution in [0.4, 0.5) is 0 Å². The van der Waals surface area contributed by atoms with Gasteiger partial charge in [0, 0.05) is 36.2 Å². The first-order valence-corrected chi connectivity index (χ1v) is 7.75. The fourth-order valence-corrected chi connectivity index (χ4v) is 3.20. The summed E-state index contributed by atoms with van der Waals surface area (Å²) in [7, 11) is 4.29. The molecule has 2 atom stereocenters. The van der Waals surface area contributed by atoms with E-state index in [2.05, 4.69) is 52.0 Å². The molecule has 1 aromatic rings.